The second-order valence-electron chi connectivity index (χ2n) is 5.29. The number of nitrogens with zero attached hydrogens (tertiary/aromatic N) is 2. The van der Waals surface area contributed by atoms with Gasteiger partial charge in [-0.15, -0.1) is 0 Å². The van der Waals surface area contributed by atoms with Gasteiger partial charge in [-0.25, -0.2) is 9.78 Å². The maximum atomic E-state index is 11.3. The van der Waals surface area contributed by atoms with Crippen LogP contribution in [0.25, 0.3) is 0 Å². The molecule has 1 N–H and O–H groups in total. The fourth-order valence-corrected chi connectivity index (χ4v) is 1.52. The number of hydrogen-bond acceptors (Lipinski definition) is 3. The van der Waals surface area contributed by atoms with Crippen molar-refractivity contribution in [2.75, 3.05) is 6.54 Å². The van der Waals surface area contributed by atoms with Crippen molar-refractivity contribution in [1.29, 1.82) is 0 Å². The van der Waals surface area contributed by atoms with Crippen molar-refractivity contribution in [1.82, 2.24) is 14.9 Å². The van der Waals surface area contributed by atoms with E-state index < -0.39 is 5.60 Å². The number of amides is 1. The molecule has 18 heavy (non-hydrogen) atoms. The van der Waals surface area contributed by atoms with Gasteiger partial charge in [0.25, 0.3) is 0 Å². The summed E-state index contributed by atoms with van der Waals surface area (Å²) in [5.74, 6) is 0. The SMILES string of the molecule is CC(C)(C)OC(=O)NCCCCCn1ccnc1. The van der Waals surface area contributed by atoms with Crippen LogP contribution in [-0.2, 0) is 11.3 Å². The van der Waals surface area contributed by atoms with Gasteiger partial charge in [0.15, 0.2) is 0 Å². The number of aryl methyl sites for hydroxylation is 1. The number of aromatic nitrogens is 2. The fraction of sp³-hybridized carbons (Fsp3) is 0.692. The van der Waals surface area contributed by atoms with E-state index in [-0.39, 0.29) is 6.09 Å². The molecule has 1 heterocycles. The van der Waals surface area contributed by atoms with Crippen LogP contribution in [0, 0.1) is 0 Å². The van der Waals surface area contributed by atoms with Crippen LogP contribution in [0.5, 0.6) is 0 Å². The van der Waals surface area contributed by atoms with Crippen LogP contribution < -0.4 is 5.32 Å². The largest absolute Gasteiger partial charge is 0.444 e. The lowest BCUT2D eigenvalue weighted by Crippen LogP contribution is -2.33. The molecule has 1 rings (SSSR count). The zero-order valence-corrected chi connectivity index (χ0v) is 11.5. The van der Waals surface area contributed by atoms with Crippen LogP contribution in [0.4, 0.5) is 4.79 Å². The Morgan fingerprint density at radius 2 is 2.11 bits per heavy atom. The Morgan fingerprint density at radius 3 is 2.72 bits per heavy atom. The van der Waals surface area contributed by atoms with Gasteiger partial charge >= 0.3 is 6.09 Å². The highest BCUT2D eigenvalue weighted by Gasteiger charge is 2.15. The number of imidazole rings is 1. The van der Waals surface area contributed by atoms with Crippen LogP contribution in [-0.4, -0.2) is 27.8 Å². The van der Waals surface area contributed by atoms with E-state index in [2.05, 4.69) is 14.9 Å². The van der Waals surface area contributed by atoms with E-state index in [0.717, 1.165) is 25.8 Å². The van der Waals surface area contributed by atoms with E-state index in [1.807, 2.05) is 33.3 Å². The number of carbonyl (C=O) groups is 1. The van der Waals surface area contributed by atoms with Crippen LogP contribution in [0.2, 0.25) is 0 Å². The minimum absolute atomic E-state index is 0.336. The monoisotopic (exact) mass is 253 g/mol. The molecule has 0 atom stereocenters. The molecule has 0 aromatic carbocycles. The molecule has 0 fully saturated rings. The summed E-state index contributed by atoms with van der Waals surface area (Å²) in [7, 11) is 0. The Labute approximate surface area is 109 Å². The second-order valence-corrected chi connectivity index (χ2v) is 5.29. The van der Waals surface area contributed by atoms with Crippen molar-refractivity contribution in [2.24, 2.45) is 0 Å². The minimum atomic E-state index is -0.425. The summed E-state index contributed by atoms with van der Waals surface area (Å²) >= 11 is 0. The first-order valence-corrected chi connectivity index (χ1v) is 6.40. The van der Waals surface area contributed by atoms with Crippen molar-refractivity contribution < 1.29 is 9.53 Å². The third-order valence-electron chi connectivity index (χ3n) is 2.32. The van der Waals surface area contributed by atoms with Gasteiger partial charge in [-0.2, -0.15) is 0 Å². The number of carbonyl (C=O) groups excluding carboxylic acids is 1. The Kier molecular flexibility index (Phi) is 5.68. The predicted octanol–water partition coefficient (Wildman–Crippen LogP) is 2.58. The van der Waals surface area contributed by atoms with Gasteiger partial charge in [-0.05, 0) is 40.0 Å². The van der Waals surface area contributed by atoms with Gasteiger partial charge < -0.3 is 14.6 Å². The average molecular weight is 253 g/mol. The molecule has 5 nitrogen and oxygen atoms in total. The van der Waals surface area contributed by atoms with Crippen molar-refractivity contribution in [3.63, 3.8) is 0 Å². The number of rotatable bonds is 6. The summed E-state index contributed by atoms with van der Waals surface area (Å²) in [6.45, 7) is 7.22. The molecule has 0 unspecified atom stereocenters. The third kappa shape index (κ3) is 6.93. The summed E-state index contributed by atoms with van der Waals surface area (Å²) in [5.41, 5.74) is -0.425. The molecule has 0 aliphatic heterocycles. The Bertz CT molecular complexity index is 342. The van der Waals surface area contributed by atoms with Crippen molar-refractivity contribution >= 4 is 6.09 Å². The topological polar surface area (TPSA) is 56.1 Å². The number of unbranched alkanes of at least 4 members (excludes halogenated alkanes) is 2. The first-order chi connectivity index (χ1) is 8.47. The zero-order chi connectivity index (χ0) is 13.4. The maximum Gasteiger partial charge on any atom is 0.407 e. The van der Waals surface area contributed by atoms with Gasteiger partial charge in [0, 0.05) is 25.5 Å². The first kappa shape index (κ1) is 14.5. The van der Waals surface area contributed by atoms with Gasteiger partial charge in [0.05, 0.1) is 6.33 Å². The minimum Gasteiger partial charge on any atom is -0.444 e. The molecule has 0 saturated heterocycles. The summed E-state index contributed by atoms with van der Waals surface area (Å²) < 4.78 is 7.20. The van der Waals surface area contributed by atoms with E-state index in [1.165, 1.54) is 0 Å². The standard InChI is InChI=1S/C13H23N3O2/c1-13(2,3)18-12(17)15-7-5-4-6-9-16-10-8-14-11-16/h8,10-11H,4-7,9H2,1-3H3,(H,15,17). The van der Waals surface area contributed by atoms with Gasteiger partial charge in [-0.1, -0.05) is 0 Å². The molecule has 5 heteroatoms. The molecular weight excluding hydrogens is 230 g/mol. The molecule has 0 aliphatic carbocycles. The molecule has 0 bridgehead atoms. The van der Waals surface area contributed by atoms with Crippen molar-refractivity contribution in [2.45, 2.75) is 52.2 Å². The molecule has 1 amide bonds. The molecule has 1 aromatic heterocycles. The number of nitrogens with one attached hydrogen (secondary N) is 1. The van der Waals surface area contributed by atoms with E-state index in [4.69, 9.17) is 4.74 Å². The van der Waals surface area contributed by atoms with Crippen LogP contribution >= 0.6 is 0 Å². The maximum absolute atomic E-state index is 11.3. The van der Waals surface area contributed by atoms with Gasteiger partial charge in [-0.3, -0.25) is 0 Å². The Balaban J connectivity index is 1.97. The molecule has 0 aliphatic rings. The van der Waals surface area contributed by atoms with E-state index in [9.17, 15) is 4.79 Å². The van der Waals surface area contributed by atoms with Gasteiger partial charge in [0.2, 0.25) is 0 Å². The molecule has 102 valence electrons. The molecule has 0 spiro atoms. The van der Waals surface area contributed by atoms with Crippen LogP contribution in [0.3, 0.4) is 0 Å². The highest BCUT2D eigenvalue weighted by molar-refractivity contribution is 5.67. The van der Waals surface area contributed by atoms with Gasteiger partial charge in [0.1, 0.15) is 5.60 Å². The van der Waals surface area contributed by atoms with Crippen molar-refractivity contribution in [3.8, 4) is 0 Å². The smallest absolute Gasteiger partial charge is 0.407 e. The average Bonchev–Trinajstić information content (AvgIpc) is 2.73. The second kappa shape index (κ2) is 7.03. The summed E-state index contributed by atoms with van der Waals surface area (Å²) in [5, 5.41) is 2.75. The first-order valence-electron chi connectivity index (χ1n) is 6.40. The summed E-state index contributed by atoms with van der Waals surface area (Å²) in [4.78, 5) is 15.3. The lowest BCUT2D eigenvalue weighted by atomic mass is 10.2. The number of alkyl carbamates (subject to hydrolysis) is 1. The fourth-order valence-electron chi connectivity index (χ4n) is 1.52. The highest BCUT2D eigenvalue weighted by Crippen LogP contribution is 2.06. The summed E-state index contributed by atoms with van der Waals surface area (Å²) in [6.07, 6.45) is 8.35. The Hall–Kier alpha value is -1.52. The molecule has 1 aromatic rings. The van der Waals surface area contributed by atoms with Crippen LogP contribution in [0.15, 0.2) is 18.7 Å². The number of hydrogen-bond donors (Lipinski definition) is 1. The lowest BCUT2D eigenvalue weighted by Gasteiger charge is -2.19. The normalized spacial score (nSPS) is 11.3. The lowest BCUT2D eigenvalue weighted by molar-refractivity contribution is 0.0527. The van der Waals surface area contributed by atoms with Crippen LogP contribution in [0.1, 0.15) is 40.0 Å². The number of ether oxygens (including phenoxy) is 1. The van der Waals surface area contributed by atoms with Crippen molar-refractivity contribution in [3.05, 3.63) is 18.7 Å². The zero-order valence-electron chi connectivity index (χ0n) is 11.5. The highest BCUT2D eigenvalue weighted by atomic mass is 16.6. The third-order valence-corrected chi connectivity index (χ3v) is 2.32. The van der Waals surface area contributed by atoms with E-state index >= 15 is 0 Å². The molecule has 0 radical (unpaired) electrons. The van der Waals surface area contributed by atoms with E-state index in [1.54, 1.807) is 6.20 Å². The van der Waals surface area contributed by atoms with E-state index in [0.29, 0.717) is 6.54 Å². The summed E-state index contributed by atoms with van der Waals surface area (Å²) in [6, 6.07) is 0. The molecule has 0 saturated carbocycles. The quantitative estimate of drug-likeness (QED) is 0.793. The predicted molar refractivity (Wildman–Crippen MR) is 70.3 cm³/mol. The Morgan fingerprint density at radius 1 is 1.33 bits per heavy atom. The molecular formula is C13H23N3O2.